The Morgan fingerprint density at radius 1 is 1.04 bits per heavy atom. The minimum Gasteiger partial charge on any atom is -0.478 e. The highest BCUT2D eigenvalue weighted by molar-refractivity contribution is 5.89. The Labute approximate surface area is 152 Å². The second-order valence-corrected chi connectivity index (χ2v) is 7.21. The molecule has 0 heterocycles. The van der Waals surface area contributed by atoms with E-state index in [1.807, 2.05) is 0 Å². The lowest BCUT2D eigenvalue weighted by Crippen LogP contribution is -2.16. The zero-order valence-corrected chi connectivity index (χ0v) is 15.0. The molecule has 4 heteroatoms. The van der Waals surface area contributed by atoms with Crippen molar-refractivity contribution in [2.24, 2.45) is 5.92 Å². The highest BCUT2D eigenvalue weighted by Gasteiger charge is 2.28. The van der Waals surface area contributed by atoms with E-state index in [9.17, 15) is 14.3 Å². The number of carbonyl (C=O) groups is 1. The van der Waals surface area contributed by atoms with E-state index in [4.69, 9.17) is 0 Å². The molecule has 0 bridgehead atoms. The van der Waals surface area contributed by atoms with Crippen molar-refractivity contribution in [3.63, 3.8) is 0 Å². The lowest BCUT2D eigenvalue weighted by atomic mass is 9.75. The van der Waals surface area contributed by atoms with Gasteiger partial charge in [0, 0.05) is 0 Å². The van der Waals surface area contributed by atoms with Gasteiger partial charge in [0.25, 0.3) is 0 Å². The molecule has 1 N–H and O–H groups in total. The first-order valence-corrected chi connectivity index (χ1v) is 9.32. The van der Waals surface area contributed by atoms with Crippen LogP contribution in [0.3, 0.4) is 0 Å². The minimum absolute atomic E-state index is 0.00228. The van der Waals surface area contributed by atoms with Crippen molar-refractivity contribution < 1.29 is 18.7 Å². The van der Waals surface area contributed by atoms with E-state index in [1.165, 1.54) is 24.6 Å². The number of aromatic carboxylic acids is 1. The average molecular weight is 358 g/mol. The summed E-state index contributed by atoms with van der Waals surface area (Å²) >= 11 is 0. The average Bonchev–Trinajstić information content (AvgIpc) is 2.63. The van der Waals surface area contributed by atoms with E-state index in [0.717, 1.165) is 32.1 Å². The van der Waals surface area contributed by atoms with Crippen LogP contribution in [0.2, 0.25) is 0 Å². The Morgan fingerprint density at radius 3 is 2.27 bits per heavy atom. The van der Waals surface area contributed by atoms with Crippen molar-refractivity contribution in [1.29, 1.82) is 0 Å². The predicted molar refractivity (Wildman–Crippen MR) is 98.4 cm³/mol. The number of hydrogen-bond acceptors (Lipinski definition) is 1. The third-order valence-electron chi connectivity index (χ3n) is 5.52. The highest BCUT2D eigenvalue weighted by atomic mass is 19.1. The molecule has 1 aliphatic rings. The Kier molecular flexibility index (Phi) is 5.70. The van der Waals surface area contributed by atoms with Gasteiger partial charge < -0.3 is 5.11 Å². The second kappa shape index (κ2) is 7.98. The van der Waals surface area contributed by atoms with Gasteiger partial charge in [-0.05, 0) is 72.4 Å². The van der Waals surface area contributed by atoms with Crippen LogP contribution in [-0.2, 0) is 0 Å². The normalized spacial score (nSPS) is 20.1. The smallest absolute Gasteiger partial charge is 0.338 e. The fourth-order valence-electron chi connectivity index (χ4n) is 4.19. The maximum absolute atomic E-state index is 15.1. The van der Waals surface area contributed by atoms with Gasteiger partial charge in [0.15, 0.2) is 0 Å². The molecule has 0 aromatic heterocycles. The van der Waals surface area contributed by atoms with Crippen LogP contribution in [0.1, 0.15) is 67.3 Å². The van der Waals surface area contributed by atoms with E-state index in [1.54, 1.807) is 18.2 Å². The fourth-order valence-corrected chi connectivity index (χ4v) is 4.19. The van der Waals surface area contributed by atoms with E-state index in [2.05, 4.69) is 6.92 Å². The largest absolute Gasteiger partial charge is 0.478 e. The van der Waals surface area contributed by atoms with Crippen LogP contribution >= 0.6 is 0 Å². The molecule has 26 heavy (non-hydrogen) atoms. The van der Waals surface area contributed by atoms with E-state index in [0.29, 0.717) is 22.6 Å². The molecule has 0 atom stereocenters. The topological polar surface area (TPSA) is 37.3 Å². The second-order valence-electron chi connectivity index (χ2n) is 7.21. The summed E-state index contributed by atoms with van der Waals surface area (Å²) < 4.78 is 28.4. The van der Waals surface area contributed by atoms with Crippen LogP contribution in [0.5, 0.6) is 0 Å². The molecule has 3 rings (SSSR count). The lowest BCUT2D eigenvalue weighted by Gasteiger charge is -2.30. The number of halogens is 2. The zero-order valence-electron chi connectivity index (χ0n) is 15.0. The molecule has 0 saturated heterocycles. The summed E-state index contributed by atoms with van der Waals surface area (Å²) in [5.41, 5.74) is 1.58. The van der Waals surface area contributed by atoms with Crippen molar-refractivity contribution in [2.45, 2.75) is 51.4 Å². The summed E-state index contributed by atoms with van der Waals surface area (Å²) in [5.74, 6) is -1.57. The Balaban J connectivity index is 2.01. The van der Waals surface area contributed by atoms with Gasteiger partial charge in [-0.2, -0.15) is 0 Å². The Hall–Kier alpha value is -2.23. The first-order valence-electron chi connectivity index (χ1n) is 9.32. The highest BCUT2D eigenvalue weighted by Crippen LogP contribution is 2.43. The zero-order chi connectivity index (χ0) is 18.7. The van der Waals surface area contributed by atoms with Gasteiger partial charge in [-0.3, -0.25) is 0 Å². The molecule has 1 saturated carbocycles. The molecule has 0 aliphatic heterocycles. The Morgan fingerprint density at radius 2 is 1.69 bits per heavy atom. The van der Waals surface area contributed by atoms with Crippen molar-refractivity contribution in [2.75, 3.05) is 0 Å². The molecule has 2 nitrogen and oxygen atoms in total. The lowest BCUT2D eigenvalue weighted by molar-refractivity contribution is 0.0691. The summed E-state index contributed by atoms with van der Waals surface area (Å²) in [6.07, 6.45) is 6.14. The third kappa shape index (κ3) is 3.79. The van der Waals surface area contributed by atoms with Crippen molar-refractivity contribution in [1.82, 2.24) is 0 Å². The van der Waals surface area contributed by atoms with Crippen LogP contribution < -0.4 is 0 Å². The molecule has 0 radical (unpaired) electrons. The van der Waals surface area contributed by atoms with Gasteiger partial charge in [0.05, 0.1) is 5.56 Å². The van der Waals surface area contributed by atoms with E-state index >= 15 is 4.39 Å². The van der Waals surface area contributed by atoms with Crippen LogP contribution in [0.4, 0.5) is 8.78 Å². The predicted octanol–water partition coefficient (Wildman–Crippen LogP) is 6.40. The van der Waals surface area contributed by atoms with Crippen molar-refractivity contribution in [3.8, 4) is 11.1 Å². The minimum atomic E-state index is -1.26. The first-order chi connectivity index (χ1) is 12.5. The molecule has 2 aromatic rings. The number of rotatable bonds is 5. The SMILES string of the molecule is CCCC1CCC(c2c(-c3ccc(F)cc3)ccc(C(=O)O)c2F)CC1. The molecular formula is C22H24F2O2. The van der Waals surface area contributed by atoms with E-state index < -0.39 is 11.8 Å². The maximum atomic E-state index is 15.1. The van der Waals surface area contributed by atoms with Crippen LogP contribution in [0, 0.1) is 17.6 Å². The van der Waals surface area contributed by atoms with Crippen molar-refractivity contribution >= 4 is 5.97 Å². The van der Waals surface area contributed by atoms with Crippen LogP contribution in [-0.4, -0.2) is 11.1 Å². The summed E-state index contributed by atoms with van der Waals surface area (Å²) in [7, 11) is 0. The maximum Gasteiger partial charge on any atom is 0.338 e. The first kappa shape index (κ1) is 18.6. The number of carboxylic acid groups (broad SMARTS) is 1. The molecule has 2 aromatic carbocycles. The summed E-state index contributed by atoms with van der Waals surface area (Å²) in [6.45, 7) is 2.18. The van der Waals surface area contributed by atoms with E-state index in [-0.39, 0.29) is 17.3 Å². The monoisotopic (exact) mass is 358 g/mol. The van der Waals surface area contributed by atoms with Gasteiger partial charge in [-0.1, -0.05) is 38.0 Å². The standard InChI is InChI=1S/C22H24F2O2/c1-2-3-14-4-6-16(7-5-14)20-18(15-8-10-17(23)11-9-15)12-13-19(21(20)24)22(25)26/h8-14,16H,2-7H2,1H3,(H,25,26). The molecule has 0 unspecified atom stereocenters. The van der Waals surface area contributed by atoms with Gasteiger partial charge >= 0.3 is 5.97 Å². The fraction of sp³-hybridized carbons (Fsp3) is 0.409. The Bertz CT molecular complexity index is 775. The number of hydrogen-bond donors (Lipinski definition) is 1. The quantitative estimate of drug-likeness (QED) is 0.671. The number of carboxylic acids is 1. The third-order valence-corrected chi connectivity index (χ3v) is 5.52. The molecule has 1 aliphatic carbocycles. The van der Waals surface area contributed by atoms with Gasteiger partial charge in [0.1, 0.15) is 11.6 Å². The summed E-state index contributed by atoms with van der Waals surface area (Å²) in [4.78, 5) is 11.4. The van der Waals surface area contributed by atoms with Crippen molar-refractivity contribution in [3.05, 3.63) is 59.2 Å². The van der Waals surface area contributed by atoms with Gasteiger partial charge in [-0.15, -0.1) is 0 Å². The molecule has 0 amide bonds. The van der Waals surface area contributed by atoms with Crippen LogP contribution in [0.25, 0.3) is 11.1 Å². The molecule has 1 fully saturated rings. The van der Waals surface area contributed by atoms with Gasteiger partial charge in [0.2, 0.25) is 0 Å². The molecule has 0 spiro atoms. The molecular weight excluding hydrogens is 334 g/mol. The summed E-state index contributed by atoms with van der Waals surface area (Å²) in [6, 6.07) is 8.91. The van der Waals surface area contributed by atoms with Gasteiger partial charge in [-0.25, -0.2) is 13.6 Å². The number of benzene rings is 2. The summed E-state index contributed by atoms with van der Waals surface area (Å²) in [5, 5.41) is 9.31. The van der Waals surface area contributed by atoms with Crippen LogP contribution in [0.15, 0.2) is 36.4 Å². The molecule has 138 valence electrons.